The van der Waals surface area contributed by atoms with Gasteiger partial charge in [-0.1, -0.05) is 25.5 Å². The van der Waals surface area contributed by atoms with Crippen molar-refractivity contribution in [3.63, 3.8) is 0 Å². The first-order chi connectivity index (χ1) is 8.76. The summed E-state index contributed by atoms with van der Waals surface area (Å²) in [5, 5.41) is 3.08. The predicted octanol–water partition coefficient (Wildman–Crippen LogP) is 3.62. The number of rotatable bonds is 3. The predicted molar refractivity (Wildman–Crippen MR) is 73.4 cm³/mol. The number of nitrogens with one attached hydrogen (secondary N) is 1. The minimum absolute atomic E-state index is 0.242. The topological polar surface area (TPSA) is 29.1 Å². The molecule has 2 saturated carbocycles. The number of anilines is 1. The normalized spacial score (nSPS) is 29.5. The average Bonchev–Trinajstić information content (AvgIpc) is 3.02. The molecule has 0 unspecified atom stereocenters. The van der Waals surface area contributed by atoms with Crippen LogP contribution in [0.4, 0.5) is 5.69 Å². The molecule has 0 spiro atoms. The van der Waals surface area contributed by atoms with Crippen LogP contribution in [-0.4, -0.2) is 5.91 Å². The SMILES string of the molecule is CCc1ccc(NC(=O)[C@H]2C[C@H]3CC[C@H]2C3)cc1. The number of hydrogen-bond acceptors (Lipinski definition) is 1. The van der Waals surface area contributed by atoms with Crippen molar-refractivity contribution in [2.75, 3.05) is 5.32 Å². The summed E-state index contributed by atoms with van der Waals surface area (Å²) in [7, 11) is 0. The quantitative estimate of drug-likeness (QED) is 0.863. The third kappa shape index (κ3) is 2.16. The molecular formula is C16H21NO. The van der Waals surface area contributed by atoms with Gasteiger partial charge in [-0.05, 0) is 55.2 Å². The van der Waals surface area contributed by atoms with Gasteiger partial charge in [-0.25, -0.2) is 0 Å². The molecule has 1 amide bonds. The van der Waals surface area contributed by atoms with Gasteiger partial charge in [0.25, 0.3) is 0 Å². The van der Waals surface area contributed by atoms with Crippen LogP contribution in [0.5, 0.6) is 0 Å². The Hall–Kier alpha value is -1.31. The zero-order valence-electron chi connectivity index (χ0n) is 11.0. The molecule has 0 heterocycles. The van der Waals surface area contributed by atoms with E-state index in [4.69, 9.17) is 0 Å². The van der Waals surface area contributed by atoms with E-state index in [2.05, 4.69) is 24.4 Å². The van der Waals surface area contributed by atoms with E-state index in [-0.39, 0.29) is 11.8 Å². The van der Waals surface area contributed by atoms with Crippen LogP contribution in [0.3, 0.4) is 0 Å². The minimum atomic E-state index is 0.242. The van der Waals surface area contributed by atoms with Gasteiger partial charge in [-0.2, -0.15) is 0 Å². The maximum absolute atomic E-state index is 12.2. The molecule has 2 aliphatic carbocycles. The molecule has 0 radical (unpaired) electrons. The Kier molecular flexibility index (Phi) is 3.11. The summed E-state index contributed by atoms with van der Waals surface area (Å²) in [6.45, 7) is 2.14. The minimum Gasteiger partial charge on any atom is -0.326 e. The van der Waals surface area contributed by atoms with Crippen LogP contribution >= 0.6 is 0 Å². The summed E-state index contributed by atoms with van der Waals surface area (Å²) < 4.78 is 0. The second-order valence-corrected chi connectivity index (χ2v) is 5.82. The van der Waals surface area contributed by atoms with Crippen LogP contribution in [0.1, 0.15) is 38.2 Å². The second-order valence-electron chi connectivity index (χ2n) is 5.82. The van der Waals surface area contributed by atoms with Crippen molar-refractivity contribution < 1.29 is 4.79 Å². The lowest BCUT2D eigenvalue weighted by Gasteiger charge is -2.20. The molecule has 1 aromatic rings. The molecule has 3 rings (SSSR count). The zero-order chi connectivity index (χ0) is 12.5. The Bertz CT molecular complexity index is 437. The number of carbonyl (C=O) groups is 1. The summed E-state index contributed by atoms with van der Waals surface area (Å²) in [5.41, 5.74) is 2.26. The lowest BCUT2D eigenvalue weighted by molar-refractivity contribution is -0.121. The van der Waals surface area contributed by atoms with E-state index in [1.54, 1.807) is 0 Å². The van der Waals surface area contributed by atoms with Gasteiger partial charge in [0, 0.05) is 11.6 Å². The van der Waals surface area contributed by atoms with E-state index in [9.17, 15) is 4.79 Å². The van der Waals surface area contributed by atoms with Gasteiger partial charge in [0.2, 0.25) is 5.91 Å². The molecule has 2 fully saturated rings. The molecular weight excluding hydrogens is 222 g/mol. The molecule has 0 saturated heterocycles. The van der Waals surface area contributed by atoms with Gasteiger partial charge < -0.3 is 5.32 Å². The van der Waals surface area contributed by atoms with E-state index in [1.165, 1.54) is 24.8 Å². The Morgan fingerprint density at radius 1 is 1.22 bits per heavy atom. The first-order valence-corrected chi connectivity index (χ1v) is 7.16. The third-order valence-corrected chi connectivity index (χ3v) is 4.70. The van der Waals surface area contributed by atoms with E-state index < -0.39 is 0 Å². The Morgan fingerprint density at radius 3 is 2.56 bits per heavy atom. The van der Waals surface area contributed by atoms with Gasteiger partial charge in [0.15, 0.2) is 0 Å². The summed E-state index contributed by atoms with van der Waals surface area (Å²) in [4.78, 5) is 12.2. The summed E-state index contributed by atoms with van der Waals surface area (Å²) >= 11 is 0. The highest BCUT2D eigenvalue weighted by atomic mass is 16.1. The van der Waals surface area contributed by atoms with Gasteiger partial charge in [0.05, 0.1) is 0 Å². The molecule has 2 nitrogen and oxygen atoms in total. The summed E-state index contributed by atoms with van der Waals surface area (Å²) in [6.07, 6.45) is 6.05. The van der Waals surface area contributed by atoms with Gasteiger partial charge in [0.1, 0.15) is 0 Å². The molecule has 2 heteroatoms. The highest BCUT2D eigenvalue weighted by molar-refractivity contribution is 5.93. The van der Waals surface area contributed by atoms with E-state index in [0.29, 0.717) is 5.92 Å². The molecule has 18 heavy (non-hydrogen) atoms. The van der Waals surface area contributed by atoms with Crippen molar-refractivity contribution in [2.24, 2.45) is 17.8 Å². The molecule has 1 aromatic carbocycles. The number of aryl methyl sites for hydroxylation is 1. The van der Waals surface area contributed by atoms with Crippen molar-refractivity contribution in [1.82, 2.24) is 0 Å². The Balaban J connectivity index is 1.63. The standard InChI is InChI=1S/C16H21NO/c1-2-11-4-7-14(8-5-11)17-16(18)15-10-12-3-6-13(15)9-12/h4-5,7-8,12-13,15H,2-3,6,9-10H2,1H3,(H,17,18)/t12-,13-,15-/m0/s1. The first-order valence-electron chi connectivity index (χ1n) is 7.16. The average molecular weight is 243 g/mol. The van der Waals surface area contributed by atoms with Crippen LogP contribution in [0.25, 0.3) is 0 Å². The fraction of sp³-hybridized carbons (Fsp3) is 0.562. The first kappa shape index (κ1) is 11.8. The molecule has 2 aliphatic rings. The lowest BCUT2D eigenvalue weighted by atomic mass is 9.88. The van der Waals surface area contributed by atoms with Crippen molar-refractivity contribution in [2.45, 2.75) is 39.0 Å². The smallest absolute Gasteiger partial charge is 0.227 e. The Morgan fingerprint density at radius 2 is 2.00 bits per heavy atom. The molecule has 96 valence electrons. The molecule has 3 atom stereocenters. The van der Waals surface area contributed by atoms with Crippen molar-refractivity contribution in [1.29, 1.82) is 0 Å². The van der Waals surface area contributed by atoms with Crippen molar-refractivity contribution >= 4 is 11.6 Å². The maximum atomic E-state index is 12.2. The van der Waals surface area contributed by atoms with Gasteiger partial charge >= 0.3 is 0 Å². The highest BCUT2D eigenvalue weighted by Crippen LogP contribution is 2.48. The Labute approximate surface area is 109 Å². The van der Waals surface area contributed by atoms with E-state index in [1.807, 2.05) is 12.1 Å². The van der Waals surface area contributed by atoms with Crippen LogP contribution in [0.15, 0.2) is 24.3 Å². The largest absolute Gasteiger partial charge is 0.326 e. The second kappa shape index (κ2) is 4.75. The van der Waals surface area contributed by atoms with Crippen molar-refractivity contribution in [3.8, 4) is 0 Å². The number of fused-ring (bicyclic) bond motifs is 2. The van der Waals surface area contributed by atoms with Crippen LogP contribution in [-0.2, 0) is 11.2 Å². The van der Waals surface area contributed by atoms with E-state index >= 15 is 0 Å². The highest BCUT2D eigenvalue weighted by Gasteiger charge is 2.42. The number of amides is 1. The molecule has 2 bridgehead atoms. The number of benzene rings is 1. The third-order valence-electron chi connectivity index (χ3n) is 4.70. The molecule has 0 aliphatic heterocycles. The van der Waals surface area contributed by atoms with Gasteiger partial charge in [-0.15, -0.1) is 0 Å². The molecule has 1 N–H and O–H groups in total. The monoisotopic (exact) mass is 243 g/mol. The van der Waals surface area contributed by atoms with Crippen LogP contribution < -0.4 is 5.32 Å². The van der Waals surface area contributed by atoms with E-state index in [0.717, 1.165) is 24.4 Å². The fourth-order valence-electron chi connectivity index (χ4n) is 3.62. The summed E-state index contributed by atoms with van der Waals surface area (Å²) in [6, 6.07) is 8.22. The lowest BCUT2D eigenvalue weighted by Crippen LogP contribution is -2.27. The molecule has 0 aromatic heterocycles. The zero-order valence-corrected chi connectivity index (χ0v) is 11.0. The van der Waals surface area contributed by atoms with Crippen molar-refractivity contribution in [3.05, 3.63) is 29.8 Å². The van der Waals surface area contributed by atoms with Crippen LogP contribution in [0, 0.1) is 17.8 Å². The number of hydrogen-bond donors (Lipinski definition) is 1. The fourth-order valence-corrected chi connectivity index (χ4v) is 3.62. The summed E-state index contributed by atoms with van der Waals surface area (Å²) in [5.74, 6) is 2.00. The maximum Gasteiger partial charge on any atom is 0.227 e. The number of carbonyl (C=O) groups excluding carboxylic acids is 1. The van der Waals surface area contributed by atoms with Crippen LogP contribution in [0.2, 0.25) is 0 Å². The van der Waals surface area contributed by atoms with Gasteiger partial charge in [-0.3, -0.25) is 4.79 Å².